The molecule has 4 aromatic rings. The first-order chi connectivity index (χ1) is 20.2. The van der Waals surface area contributed by atoms with Crippen LogP contribution >= 0.6 is 0 Å². The molecule has 2 fully saturated rings. The highest BCUT2D eigenvalue weighted by molar-refractivity contribution is 5.80. The Morgan fingerprint density at radius 2 is 1.85 bits per heavy atom. The topological polar surface area (TPSA) is 111 Å². The molecule has 0 radical (unpaired) electrons. The maximum absolute atomic E-state index is 13.6. The van der Waals surface area contributed by atoms with Crippen LogP contribution in [0.25, 0.3) is 10.9 Å². The third-order valence-electron chi connectivity index (χ3n) is 8.50. The second kappa shape index (κ2) is 11.1. The fraction of sp³-hybridized carbons (Fsp3) is 0.467. The molecule has 1 aliphatic carbocycles. The number of pyridine rings is 1. The van der Waals surface area contributed by atoms with Crippen molar-refractivity contribution in [2.75, 3.05) is 39.6 Å². The Labute approximate surface area is 238 Å². The monoisotopic (exact) mass is 557 g/mol. The Morgan fingerprint density at radius 1 is 1.02 bits per heavy atom. The number of piperazine rings is 1. The number of tetrazole rings is 1. The summed E-state index contributed by atoms with van der Waals surface area (Å²) in [6.45, 7) is 6.93. The molecule has 41 heavy (non-hydrogen) atoms. The van der Waals surface area contributed by atoms with Crippen LogP contribution < -0.4 is 19.8 Å². The van der Waals surface area contributed by atoms with Gasteiger partial charge in [0.2, 0.25) is 6.79 Å². The van der Waals surface area contributed by atoms with Gasteiger partial charge in [0.05, 0.1) is 12.6 Å². The van der Waals surface area contributed by atoms with Crippen molar-refractivity contribution in [2.45, 2.75) is 51.2 Å². The summed E-state index contributed by atoms with van der Waals surface area (Å²) in [5, 5.41) is 14.0. The second-order valence-electron chi connectivity index (χ2n) is 11.1. The molecule has 11 nitrogen and oxygen atoms in total. The van der Waals surface area contributed by atoms with Gasteiger partial charge in [-0.15, -0.1) is 5.10 Å². The van der Waals surface area contributed by atoms with Crippen LogP contribution in [0.5, 0.6) is 17.2 Å². The minimum Gasteiger partial charge on any atom is -0.494 e. The standard InChI is InChI=1S/C30H35N7O4/c1-2-39-23-8-9-25-21(16-23)17-24(30(38)31-25)28(29-32-33-34-37(29)22-5-3-4-6-22)36-13-11-35(12-14-36)18-20-7-10-26-27(15-20)41-19-40-26/h7-10,15-17,22,28H,2-6,11-14,18-19H2,1H3,(H,31,38)/t28-/m0/s1. The number of hydrogen-bond donors (Lipinski definition) is 1. The number of nitrogens with zero attached hydrogens (tertiary/aromatic N) is 6. The summed E-state index contributed by atoms with van der Waals surface area (Å²) in [4.78, 5) is 21.5. The van der Waals surface area contributed by atoms with Crippen LogP contribution in [-0.2, 0) is 6.54 Å². The van der Waals surface area contributed by atoms with E-state index in [1.807, 2.05) is 41.9 Å². The van der Waals surface area contributed by atoms with Crippen LogP contribution in [-0.4, -0.2) is 74.6 Å². The van der Waals surface area contributed by atoms with Gasteiger partial charge in [-0.25, -0.2) is 4.68 Å². The van der Waals surface area contributed by atoms with Gasteiger partial charge in [0.1, 0.15) is 11.8 Å². The molecule has 1 N–H and O–H groups in total. The van der Waals surface area contributed by atoms with Crippen LogP contribution in [0, 0.1) is 0 Å². The van der Waals surface area contributed by atoms with Crippen LogP contribution in [0.2, 0.25) is 0 Å². The molecular formula is C30H35N7O4. The van der Waals surface area contributed by atoms with Gasteiger partial charge in [0.15, 0.2) is 17.3 Å². The minimum atomic E-state index is -0.359. The quantitative estimate of drug-likeness (QED) is 0.347. The molecule has 1 saturated heterocycles. The molecule has 7 rings (SSSR count). The predicted octanol–water partition coefficient (Wildman–Crippen LogP) is 3.66. The molecule has 214 valence electrons. The molecule has 4 heterocycles. The molecule has 0 amide bonds. The molecule has 2 aromatic heterocycles. The molecule has 0 bridgehead atoms. The van der Waals surface area contributed by atoms with Gasteiger partial charge >= 0.3 is 0 Å². The van der Waals surface area contributed by atoms with Gasteiger partial charge in [0, 0.05) is 49.2 Å². The van der Waals surface area contributed by atoms with E-state index >= 15 is 0 Å². The molecule has 2 aliphatic heterocycles. The lowest BCUT2D eigenvalue weighted by Crippen LogP contribution is -2.48. The molecule has 1 atom stereocenters. The zero-order chi connectivity index (χ0) is 27.8. The summed E-state index contributed by atoms with van der Waals surface area (Å²) in [6, 6.07) is 13.8. The molecular weight excluding hydrogens is 522 g/mol. The van der Waals surface area contributed by atoms with Crippen molar-refractivity contribution in [1.29, 1.82) is 0 Å². The van der Waals surface area contributed by atoms with Crippen molar-refractivity contribution >= 4 is 10.9 Å². The third-order valence-corrected chi connectivity index (χ3v) is 8.50. The highest BCUT2D eigenvalue weighted by Crippen LogP contribution is 2.35. The van der Waals surface area contributed by atoms with Gasteiger partial charge in [-0.2, -0.15) is 0 Å². The maximum atomic E-state index is 13.6. The normalized spacial score (nSPS) is 18.8. The van der Waals surface area contributed by atoms with E-state index in [4.69, 9.17) is 14.2 Å². The highest BCUT2D eigenvalue weighted by atomic mass is 16.7. The molecule has 2 aromatic carbocycles. The van der Waals surface area contributed by atoms with Gasteiger partial charge in [-0.05, 0) is 72.2 Å². The SMILES string of the molecule is CCOc1ccc2[nH]c(=O)c([C@@H](c3nnnn3C3CCCC3)N3CCN(Cc4ccc5c(c4)OCO5)CC3)cc2c1. The molecule has 1 saturated carbocycles. The van der Waals surface area contributed by atoms with E-state index in [-0.39, 0.29) is 24.4 Å². The zero-order valence-electron chi connectivity index (χ0n) is 23.3. The van der Waals surface area contributed by atoms with Crippen LogP contribution in [0.3, 0.4) is 0 Å². The number of H-pyrrole nitrogens is 1. The lowest BCUT2D eigenvalue weighted by molar-refractivity contribution is 0.0988. The Bertz CT molecular complexity index is 1590. The maximum Gasteiger partial charge on any atom is 0.253 e. The average molecular weight is 558 g/mol. The summed E-state index contributed by atoms with van der Waals surface area (Å²) in [7, 11) is 0. The van der Waals surface area contributed by atoms with Crippen molar-refractivity contribution in [1.82, 2.24) is 35.0 Å². The summed E-state index contributed by atoms with van der Waals surface area (Å²) >= 11 is 0. The Kier molecular flexibility index (Phi) is 7.05. The van der Waals surface area contributed by atoms with Crippen LogP contribution in [0.15, 0.2) is 47.3 Å². The van der Waals surface area contributed by atoms with E-state index in [2.05, 4.69) is 42.4 Å². The average Bonchev–Trinajstić information content (AvgIpc) is 3.77. The number of rotatable bonds is 8. The molecule has 3 aliphatic rings. The number of benzene rings is 2. The van der Waals surface area contributed by atoms with Crippen LogP contribution in [0.4, 0.5) is 0 Å². The van der Waals surface area contributed by atoms with Crippen molar-refractivity contribution in [2.24, 2.45) is 0 Å². The number of nitrogens with one attached hydrogen (secondary N) is 1. The molecule has 0 unspecified atom stereocenters. The predicted molar refractivity (Wildman–Crippen MR) is 152 cm³/mol. The molecule has 11 heteroatoms. The fourth-order valence-corrected chi connectivity index (χ4v) is 6.43. The summed E-state index contributed by atoms with van der Waals surface area (Å²) in [5.74, 6) is 3.13. The highest BCUT2D eigenvalue weighted by Gasteiger charge is 2.35. The van der Waals surface area contributed by atoms with Crippen molar-refractivity contribution < 1.29 is 14.2 Å². The number of fused-ring (bicyclic) bond motifs is 2. The summed E-state index contributed by atoms with van der Waals surface area (Å²) in [5.41, 5.74) is 2.52. The first-order valence-electron chi connectivity index (χ1n) is 14.6. The van der Waals surface area contributed by atoms with E-state index in [1.165, 1.54) is 18.4 Å². The van der Waals surface area contributed by atoms with E-state index in [0.29, 0.717) is 12.2 Å². The number of ether oxygens (including phenoxy) is 3. The lowest BCUT2D eigenvalue weighted by Gasteiger charge is -2.39. The van der Waals surface area contributed by atoms with E-state index < -0.39 is 0 Å². The lowest BCUT2D eigenvalue weighted by atomic mass is 10.0. The van der Waals surface area contributed by atoms with Gasteiger partial charge in [0.25, 0.3) is 5.56 Å². The fourth-order valence-electron chi connectivity index (χ4n) is 6.43. The first kappa shape index (κ1) is 26.0. The minimum absolute atomic E-state index is 0.115. The number of aromatic nitrogens is 5. The van der Waals surface area contributed by atoms with E-state index in [0.717, 1.165) is 79.5 Å². The summed E-state index contributed by atoms with van der Waals surface area (Å²) < 4.78 is 18.8. The van der Waals surface area contributed by atoms with Crippen molar-refractivity contribution in [3.05, 3.63) is 69.8 Å². The van der Waals surface area contributed by atoms with E-state index in [9.17, 15) is 4.79 Å². The second-order valence-corrected chi connectivity index (χ2v) is 11.1. The Morgan fingerprint density at radius 3 is 2.68 bits per heavy atom. The van der Waals surface area contributed by atoms with Crippen molar-refractivity contribution in [3.8, 4) is 17.2 Å². The Hall–Kier alpha value is -3.96. The Balaban J connectivity index is 1.19. The summed E-state index contributed by atoms with van der Waals surface area (Å²) in [6.07, 6.45) is 4.45. The largest absolute Gasteiger partial charge is 0.494 e. The van der Waals surface area contributed by atoms with Crippen molar-refractivity contribution in [3.63, 3.8) is 0 Å². The first-order valence-corrected chi connectivity index (χ1v) is 14.6. The molecule has 0 spiro atoms. The zero-order valence-corrected chi connectivity index (χ0v) is 23.3. The smallest absolute Gasteiger partial charge is 0.253 e. The van der Waals surface area contributed by atoms with Crippen LogP contribution in [0.1, 0.15) is 61.6 Å². The van der Waals surface area contributed by atoms with Gasteiger partial charge in [-0.3, -0.25) is 14.6 Å². The third kappa shape index (κ3) is 5.15. The van der Waals surface area contributed by atoms with Gasteiger partial charge < -0.3 is 19.2 Å². The van der Waals surface area contributed by atoms with E-state index in [1.54, 1.807) is 0 Å². The number of aromatic amines is 1. The van der Waals surface area contributed by atoms with Gasteiger partial charge in [-0.1, -0.05) is 18.9 Å². The number of hydrogen-bond acceptors (Lipinski definition) is 9.